The highest BCUT2D eigenvalue weighted by atomic mass is 16.5. The minimum atomic E-state index is -0.0882. The predicted molar refractivity (Wildman–Crippen MR) is 109 cm³/mol. The summed E-state index contributed by atoms with van der Waals surface area (Å²) in [7, 11) is 0. The molecule has 0 unspecified atom stereocenters. The molecule has 2 aliphatic heterocycles. The molecule has 1 aromatic heterocycles. The number of guanidine groups is 1. The first-order valence-corrected chi connectivity index (χ1v) is 10.3. The van der Waals surface area contributed by atoms with Gasteiger partial charge < -0.3 is 9.84 Å². The van der Waals surface area contributed by atoms with Crippen molar-refractivity contribution < 1.29 is 14.6 Å². The molecule has 1 aromatic carbocycles. The molecule has 1 fully saturated rings. The molecule has 8 heteroatoms. The lowest BCUT2D eigenvalue weighted by atomic mass is 10.1. The average molecular weight is 395 g/mol. The van der Waals surface area contributed by atoms with Gasteiger partial charge in [0.2, 0.25) is 5.96 Å². The van der Waals surface area contributed by atoms with Gasteiger partial charge in [-0.15, -0.1) is 0 Å². The number of carbonyl (C=O) groups excluding carboxylic acids is 1. The Bertz CT molecular complexity index is 981. The van der Waals surface area contributed by atoms with Crippen molar-refractivity contribution in [1.82, 2.24) is 14.5 Å². The summed E-state index contributed by atoms with van der Waals surface area (Å²) in [6.45, 7) is 5.34. The molecular formula is C21H25N5O3. The zero-order valence-electron chi connectivity index (χ0n) is 16.7. The van der Waals surface area contributed by atoms with Crippen LogP contribution < -0.4 is 9.64 Å². The van der Waals surface area contributed by atoms with Crippen LogP contribution in [0, 0.1) is 0 Å². The van der Waals surface area contributed by atoms with Gasteiger partial charge in [0.25, 0.3) is 11.9 Å². The van der Waals surface area contributed by atoms with E-state index in [0.717, 1.165) is 30.8 Å². The number of ether oxygens (including phenoxy) is 1. The van der Waals surface area contributed by atoms with Gasteiger partial charge in [-0.2, -0.15) is 4.98 Å². The van der Waals surface area contributed by atoms with Crippen molar-refractivity contribution in [2.24, 2.45) is 4.99 Å². The molecule has 2 aromatic rings. The number of fused-ring (bicyclic) bond motifs is 5. The van der Waals surface area contributed by atoms with Gasteiger partial charge in [0.05, 0.1) is 25.2 Å². The molecule has 0 saturated heterocycles. The minimum absolute atomic E-state index is 0.0882. The highest BCUT2D eigenvalue weighted by molar-refractivity contribution is 6.18. The number of benzene rings is 1. The Kier molecular flexibility index (Phi) is 4.22. The van der Waals surface area contributed by atoms with Crippen molar-refractivity contribution in [2.75, 3.05) is 18.1 Å². The lowest BCUT2D eigenvalue weighted by Crippen LogP contribution is -2.53. The van der Waals surface area contributed by atoms with Crippen LogP contribution in [0.3, 0.4) is 0 Å². The number of aliphatic imine (C=N–C) groups is 1. The fourth-order valence-corrected chi connectivity index (χ4v) is 4.66. The van der Waals surface area contributed by atoms with Gasteiger partial charge in [0, 0.05) is 6.54 Å². The Hall–Kier alpha value is -3.03. The van der Waals surface area contributed by atoms with Gasteiger partial charge in [0.1, 0.15) is 5.75 Å². The highest BCUT2D eigenvalue weighted by Crippen LogP contribution is 2.42. The van der Waals surface area contributed by atoms with E-state index in [1.165, 1.54) is 0 Å². The molecule has 1 aliphatic carbocycles. The molecule has 5 rings (SSSR count). The SMILES string of the molecule is CCOc1nc2c(n1Cc1ccc(O)cc1)C(=O)N(CC)C1=N[C@@H]3CCC[C@@H]3N12. The highest BCUT2D eigenvalue weighted by Gasteiger charge is 2.49. The lowest BCUT2D eigenvalue weighted by Gasteiger charge is -2.35. The minimum Gasteiger partial charge on any atom is -0.508 e. The summed E-state index contributed by atoms with van der Waals surface area (Å²) >= 11 is 0. The molecule has 29 heavy (non-hydrogen) atoms. The molecule has 3 aliphatic rings. The van der Waals surface area contributed by atoms with Gasteiger partial charge in [0.15, 0.2) is 11.5 Å². The maximum atomic E-state index is 13.5. The van der Waals surface area contributed by atoms with Crippen LogP contribution in [0.25, 0.3) is 0 Å². The maximum Gasteiger partial charge on any atom is 0.299 e. The molecule has 2 atom stereocenters. The van der Waals surface area contributed by atoms with Crippen molar-refractivity contribution in [3.05, 3.63) is 35.5 Å². The van der Waals surface area contributed by atoms with E-state index in [2.05, 4.69) is 4.90 Å². The summed E-state index contributed by atoms with van der Waals surface area (Å²) < 4.78 is 7.68. The molecule has 1 amide bonds. The molecule has 152 valence electrons. The average Bonchev–Trinajstić information content (AvgIpc) is 3.38. The molecule has 1 N–H and O–H groups in total. The fraction of sp³-hybridized carbons (Fsp3) is 0.476. The number of imidazole rings is 1. The van der Waals surface area contributed by atoms with Crippen LogP contribution in [-0.2, 0) is 6.54 Å². The first-order chi connectivity index (χ1) is 14.1. The Morgan fingerprint density at radius 3 is 2.72 bits per heavy atom. The third-order valence-corrected chi connectivity index (χ3v) is 5.97. The molecule has 1 saturated carbocycles. The summed E-state index contributed by atoms with van der Waals surface area (Å²) in [6, 6.07) is 7.92. The van der Waals surface area contributed by atoms with E-state index in [1.807, 2.05) is 30.5 Å². The number of carbonyl (C=O) groups is 1. The second-order valence-electron chi connectivity index (χ2n) is 7.67. The zero-order chi connectivity index (χ0) is 20.1. The molecule has 0 bridgehead atoms. The van der Waals surface area contributed by atoms with Crippen molar-refractivity contribution in [2.45, 2.75) is 51.7 Å². The summed E-state index contributed by atoms with van der Waals surface area (Å²) in [5.41, 5.74) is 1.51. The Morgan fingerprint density at radius 2 is 2.00 bits per heavy atom. The Balaban J connectivity index is 1.64. The topological polar surface area (TPSA) is 83.2 Å². The third kappa shape index (κ3) is 2.69. The number of hydrogen-bond donors (Lipinski definition) is 1. The van der Waals surface area contributed by atoms with E-state index in [1.54, 1.807) is 17.0 Å². The first-order valence-electron chi connectivity index (χ1n) is 10.3. The van der Waals surface area contributed by atoms with Crippen LogP contribution in [0.4, 0.5) is 5.82 Å². The summed E-state index contributed by atoms with van der Waals surface area (Å²) in [6.07, 6.45) is 3.25. The number of phenolic OH excluding ortho intramolecular Hbond substituents is 1. The van der Waals surface area contributed by atoms with Gasteiger partial charge in [-0.3, -0.25) is 19.2 Å². The van der Waals surface area contributed by atoms with E-state index < -0.39 is 0 Å². The van der Waals surface area contributed by atoms with Crippen LogP contribution in [0.1, 0.15) is 49.2 Å². The number of nitrogens with zero attached hydrogens (tertiary/aromatic N) is 5. The van der Waals surface area contributed by atoms with Crippen LogP contribution in [-0.4, -0.2) is 56.7 Å². The van der Waals surface area contributed by atoms with Crippen LogP contribution >= 0.6 is 0 Å². The summed E-state index contributed by atoms with van der Waals surface area (Å²) in [4.78, 5) is 27.0. The van der Waals surface area contributed by atoms with Crippen LogP contribution in [0.5, 0.6) is 11.8 Å². The monoisotopic (exact) mass is 395 g/mol. The van der Waals surface area contributed by atoms with Gasteiger partial charge in [-0.25, -0.2) is 4.99 Å². The second kappa shape index (κ2) is 6.79. The predicted octanol–water partition coefficient (Wildman–Crippen LogP) is 2.61. The quantitative estimate of drug-likeness (QED) is 0.841. The van der Waals surface area contributed by atoms with Crippen LogP contribution in [0.15, 0.2) is 29.3 Å². The van der Waals surface area contributed by atoms with Gasteiger partial charge in [-0.05, 0) is 50.8 Å². The van der Waals surface area contributed by atoms with E-state index >= 15 is 0 Å². The number of phenols is 1. The number of anilines is 1. The number of rotatable bonds is 5. The second-order valence-corrected chi connectivity index (χ2v) is 7.67. The standard InChI is InChI=1S/C21H25N5O3/c1-3-24-19(28)17-18(26-16-7-5-6-15(16)22-20(24)26)23-21(29-4-2)25(17)12-13-8-10-14(27)11-9-13/h8-11,15-16,27H,3-7,12H2,1-2H3/t15-,16+/m1/s1. The summed E-state index contributed by atoms with van der Waals surface area (Å²) in [5, 5.41) is 9.59. The number of hydrogen-bond acceptors (Lipinski definition) is 6. The number of aromatic hydroxyl groups is 1. The fourth-order valence-electron chi connectivity index (χ4n) is 4.66. The molecule has 0 spiro atoms. The van der Waals surface area contributed by atoms with E-state index in [9.17, 15) is 9.90 Å². The third-order valence-electron chi connectivity index (χ3n) is 5.97. The molecule has 0 radical (unpaired) electrons. The summed E-state index contributed by atoms with van der Waals surface area (Å²) in [5.74, 6) is 1.52. The van der Waals surface area contributed by atoms with Crippen molar-refractivity contribution in [3.8, 4) is 11.8 Å². The lowest BCUT2D eigenvalue weighted by molar-refractivity contribution is 0.0834. The smallest absolute Gasteiger partial charge is 0.299 e. The molecule has 3 heterocycles. The van der Waals surface area contributed by atoms with Crippen molar-refractivity contribution in [1.29, 1.82) is 0 Å². The van der Waals surface area contributed by atoms with E-state index in [0.29, 0.717) is 37.2 Å². The maximum absolute atomic E-state index is 13.5. The van der Waals surface area contributed by atoms with Gasteiger partial charge >= 0.3 is 0 Å². The van der Waals surface area contributed by atoms with Crippen molar-refractivity contribution in [3.63, 3.8) is 0 Å². The normalized spacial score (nSPS) is 22.4. The largest absolute Gasteiger partial charge is 0.508 e. The van der Waals surface area contributed by atoms with E-state index in [-0.39, 0.29) is 23.7 Å². The molecule has 8 nitrogen and oxygen atoms in total. The van der Waals surface area contributed by atoms with Crippen LogP contribution in [0.2, 0.25) is 0 Å². The Morgan fingerprint density at radius 1 is 1.21 bits per heavy atom. The Labute approximate surface area is 169 Å². The first kappa shape index (κ1) is 18.0. The number of aromatic nitrogens is 2. The molecular weight excluding hydrogens is 370 g/mol. The van der Waals surface area contributed by atoms with Crippen molar-refractivity contribution >= 4 is 17.7 Å². The number of amides is 1. The van der Waals surface area contributed by atoms with E-state index in [4.69, 9.17) is 14.7 Å². The zero-order valence-corrected chi connectivity index (χ0v) is 16.7. The van der Waals surface area contributed by atoms with Gasteiger partial charge in [-0.1, -0.05) is 12.1 Å².